The molecule has 0 spiro atoms. The van der Waals surface area contributed by atoms with Crippen LogP contribution in [-0.2, 0) is 16.5 Å². The van der Waals surface area contributed by atoms with Crippen LogP contribution >= 0.6 is 0 Å². The smallest absolute Gasteiger partial charge is 0.744 e. The Morgan fingerprint density at radius 3 is 2.44 bits per heavy atom. The van der Waals surface area contributed by atoms with Crippen LogP contribution in [0.5, 0.6) is 0 Å². The van der Waals surface area contributed by atoms with Crippen molar-refractivity contribution in [2.75, 3.05) is 0 Å². The second kappa shape index (κ2) is 5.99. The van der Waals surface area contributed by atoms with E-state index in [0.29, 0.717) is 17.4 Å². The van der Waals surface area contributed by atoms with Crippen molar-refractivity contribution in [1.29, 1.82) is 0 Å². The van der Waals surface area contributed by atoms with Crippen LogP contribution in [0.4, 0.5) is 0 Å². The van der Waals surface area contributed by atoms with Crippen LogP contribution in [0.25, 0.3) is 10.8 Å². The van der Waals surface area contributed by atoms with E-state index in [2.05, 4.69) is 6.58 Å². The van der Waals surface area contributed by atoms with Gasteiger partial charge in [0.05, 0.1) is 4.90 Å². The zero-order chi connectivity index (χ0) is 12.5. The van der Waals surface area contributed by atoms with E-state index in [0.717, 1.165) is 5.39 Å². The summed E-state index contributed by atoms with van der Waals surface area (Å²) in [6, 6.07) is 10.4. The number of fused-ring (bicyclic) bond motifs is 1. The third-order valence-corrected chi connectivity index (χ3v) is 3.56. The van der Waals surface area contributed by atoms with Gasteiger partial charge in [-0.05, 0) is 22.8 Å². The Balaban J connectivity index is 0.00000162. The molecule has 0 amide bonds. The van der Waals surface area contributed by atoms with Crippen LogP contribution in [0.3, 0.4) is 0 Å². The van der Waals surface area contributed by atoms with Gasteiger partial charge < -0.3 is 4.55 Å². The first-order valence-electron chi connectivity index (χ1n) is 5.11. The van der Waals surface area contributed by atoms with Crippen molar-refractivity contribution in [1.82, 2.24) is 0 Å². The van der Waals surface area contributed by atoms with Gasteiger partial charge >= 0.3 is 29.6 Å². The van der Waals surface area contributed by atoms with Crippen LogP contribution in [-0.4, -0.2) is 13.0 Å². The van der Waals surface area contributed by atoms with Gasteiger partial charge in [0.1, 0.15) is 10.1 Å². The van der Waals surface area contributed by atoms with Crippen LogP contribution in [0.2, 0.25) is 0 Å². The molecular weight excluding hydrogens is 259 g/mol. The predicted molar refractivity (Wildman–Crippen MR) is 65.8 cm³/mol. The van der Waals surface area contributed by atoms with Gasteiger partial charge in [-0.1, -0.05) is 42.5 Å². The average Bonchev–Trinajstić information content (AvgIpc) is 2.27. The zero-order valence-electron chi connectivity index (χ0n) is 10.1. The Bertz CT molecular complexity index is 678. The summed E-state index contributed by atoms with van der Waals surface area (Å²) in [5, 5.41) is 1.22. The largest absolute Gasteiger partial charge is 1.00 e. The Hall–Kier alpha value is -0.650. The molecule has 0 bridgehead atoms. The third-order valence-electron chi connectivity index (χ3n) is 2.58. The maximum absolute atomic E-state index is 11.4. The van der Waals surface area contributed by atoms with Crippen molar-refractivity contribution >= 4 is 20.9 Å². The van der Waals surface area contributed by atoms with Gasteiger partial charge in [-0.25, -0.2) is 8.42 Å². The molecule has 0 radical (unpaired) electrons. The second-order valence-electron chi connectivity index (χ2n) is 3.72. The number of hydrogen-bond donors (Lipinski definition) is 0. The summed E-state index contributed by atoms with van der Waals surface area (Å²) < 4.78 is 34.1. The number of rotatable bonds is 3. The summed E-state index contributed by atoms with van der Waals surface area (Å²) >= 11 is 0. The van der Waals surface area contributed by atoms with E-state index in [-0.39, 0.29) is 34.5 Å². The fraction of sp³-hybridized carbons (Fsp3) is 0.0769. The minimum absolute atomic E-state index is 0. The molecule has 2 rings (SSSR count). The maximum atomic E-state index is 11.4. The molecule has 2 aromatic rings. The molecule has 0 fully saturated rings. The fourth-order valence-corrected chi connectivity index (χ4v) is 2.83. The third kappa shape index (κ3) is 3.02. The van der Waals surface area contributed by atoms with Crippen LogP contribution in [0, 0.1) is 0 Å². The predicted octanol–water partition coefficient (Wildman–Crippen LogP) is -0.524. The first-order chi connectivity index (χ1) is 8.04. The molecule has 0 heterocycles. The van der Waals surface area contributed by atoms with Crippen molar-refractivity contribution in [3.63, 3.8) is 0 Å². The van der Waals surface area contributed by atoms with Gasteiger partial charge in [0.15, 0.2) is 0 Å². The number of allylic oxidation sites excluding steroid dienone is 1. The standard InChI is InChI=1S/C13H12O3S.Na/c1-2-5-11-9-8-10-6-3-4-7-12(10)13(11)17(14,15)16;/h2-4,6-9H,1,5H2,(H,14,15,16);/q;+1/p-1. The molecule has 5 heteroatoms. The normalized spacial score (nSPS) is 10.9. The molecule has 0 aromatic heterocycles. The summed E-state index contributed by atoms with van der Waals surface area (Å²) in [4.78, 5) is -0.129. The second-order valence-corrected chi connectivity index (χ2v) is 5.04. The quantitative estimate of drug-likeness (QED) is 0.428. The summed E-state index contributed by atoms with van der Waals surface area (Å²) in [6.45, 7) is 3.56. The van der Waals surface area contributed by atoms with Crippen LogP contribution in [0.1, 0.15) is 5.56 Å². The number of benzene rings is 2. The minimum atomic E-state index is -4.48. The Morgan fingerprint density at radius 2 is 1.83 bits per heavy atom. The molecule has 88 valence electrons. The van der Waals surface area contributed by atoms with E-state index in [1.54, 1.807) is 36.4 Å². The van der Waals surface area contributed by atoms with Crippen molar-refractivity contribution in [3.05, 3.63) is 54.6 Å². The SMILES string of the molecule is C=CCc1ccc2ccccc2c1S(=O)(=O)[O-].[Na+]. The van der Waals surface area contributed by atoms with E-state index in [1.807, 2.05) is 6.07 Å². The van der Waals surface area contributed by atoms with Gasteiger partial charge in [-0.15, -0.1) is 6.58 Å². The van der Waals surface area contributed by atoms with Crippen molar-refractivity contribution in [3.8, 4) is 0 Å². The summed E-state index contributed by atoms with van der Waals surface area (Å²) in [6.07, 6.45) is 1.94. The Labute approximate surface area is 129 Å². The molecule has 0 aliphatic heterocycles. The van der Waals surface area contributed by atoms with E-state index in [1.165, 1.54) is 0 Å². The summed E-state index contributed by atoms with van der Waals surface area (Å²) in [5.74, 6) is 0. The molecule has 0 atom stereocenters. The van der Waals surface area contributed by atoms with E-state index in [4.69, 9.17) is 0 Å². The van der Waals surface area contributed by atoms with E-state index < -0.39 is 10.1 Å². The van der Waals surface area contributed by atoms with Crippen LogP contribution < -0.4 is 29.6 Å². The molecular formula is C13H11NaO3S. The van der Waals surface area contributed by atoms with Crippen molar-refractivity contribution < 1.29 is 42.5 Å². The molecule has 0 aliphatic rings. The molecule has 0 saturated heterocycles. The van der Waals surface area contributed by atoms with Crippen LogP contribution in [0.15, 0.2) is 53.9 Å². The Kier molecular flexibility index (Phi) is 5.13. The number of hydrogen-bond acceptors (Lipinski definition) is 3. The zero-order valence-corrected chi connectivity index (χ0v) is 12.9. The molecule has 0 N–H and O–H groups in total. The van der Waals surface area contributed by atoms with Gasteiger partial charge in [0, 0.05) is 0 Å². The summed E-state index contributed by atoms with van der Waals surface area (Å²) in [7, 11) is -4.48. The van der Waals surface area contributed by atoms with Gasteiger partial charge in [0.2, 0.25) is 0 Å². The van der Waals surface area contributed by atoms with Gasteiger partial charge in [-0.2, -0.15) is 0 Å². The fourth-order valence-electron chi connectivity index (χ4n) is 1.90. The molecule has 0 saturated carbocycles. The minimum Gasteiger partial charge on any atom is -0.744 e. The average molecular weight is 270 g/mol. The van der Waals surface area contributed by atoms with Crippen molar-refractivity contribution in [2.24, 2.45) is 0 Å². The Morgan fingerprint density at radius 1 is 1.17 bits per heavy atom. The van der Waals surface area contributed by atoms with E-state index in [9.17, 15) is 13.0 Å². The topological polar surface area (TPSA) is 57.2 Å². The monoisotopic (exact) mass is 270 g/mol. The molecule has 18 heavy (non-hydrogen) atoms. The molecule has 0 aliphatic carbocycles. The molecule has 2 aromatic carbocycles. The van der Waals surface area contributed by atoms with E-state index >= 15 is 0 Å². The first-order valence-corrected chi connectivity index (χ1v) is 6.52. The van der Waals surface area contributed by atoms with Gasteiger partial charge in [-0.3, -0.25) is 0 Å². The molecule has 3 nitrogen and oxygen atoms in total. The molecule has 0 unspecified atom stereocenters. The van der Waals surface area contributed by atoms with Gasteiger partial charge in [0.25, 0.3) is 0 Å². The maximum Gasteiger partial charge on any atom is 1.00 e. The first kappa shape index (κ1) is 15.4. The van der Waals surface area contributed by atoms with Crippen molar-refractivity contribution in [2.45, 2.75) is 11.3 Å². The summed E-state index contributed by atoms with van der Waals surface area (Å²) in [5.41, 5.74) is 0.494.